The van der Waals surface area contributed by atoms with Crippen LogP contribution in [0, 0.1) is 13.8 Å². The van der Waals surface area contributed by atoms with Gasteiger partial charge >= 0.3 is 0 Å². The van der Waals surface area contributed by atoms with Gasteiger partial charge in [-0.25, -0.2) is 4.98 Å². The van der Waals surface area contributed by atoms with E-state index >= 15 is 0 Å². The highest BCUT2D eigenvalue weighted by Gasteiger charge is 2.22. The molecular weight excluding hydrogens is 308 g/mol. The molecule has 130 valence electrons. The summed E-state index contributed by atoms with van der Waals surface area (Å²) in [6.45, 7) is 10.7. The SMILES string of the molecule is Cc1cc(-c2[nH]c3cc4c(nc3c2C(C)C)CN(C)CC4)cc(C)n1. The molecule has 1 aliphatic rings. The molecule has 1 aliphatic heterocycles. The van der Waals surface area contributed by atoms with Gasteiger partial charge in [-0.2, -0.15) is 0 Å². The van der Waals surface area contributed by atoms with Gasteiger partial charge in [0, 0.05) is 35.6 Å². The molecule has 25 heavy (non-hydrogen) atoms. The van der Waals surface area contributed by atoms with Crippen molar-refractivity contribution >= 4 is 11.0 Å². The Labute approximate surface area is 149 Å². The van der Waals surface area contributed by atoms with Gasteiger partial charge in [-0.3, -0.25) is 4.98 Å². The molecule has 0 aromatic carbocycles. The zero-order valence-corrected chi connectivity index (χ0v) is 15.8. The zero-order chi connectivity index (χ0) is 17.7. The summed E-state index contributed by atoms with van der Waals surface area (Å²) in [4.78, 5) is 15.6. The molecular formula is C21H26N4. The number of rotatable bonds is 2. The van der Waals surface area contributed by atoms with Crippen LogP contribution in [0.2, 0.25) is 0 Å². The number of nitrogens with one attached hydrogen (secondary N) is 1. The molecule has 4 heterocycles. The fourth-order valence-corrected chi connectivity index (χ4v) is 3.98. The van der Waals surface area contributed by atoms with Crippen LogP contribution in [0.15, 0.2) is 18.2 Å². The van der Waals surface area contributed by atoms with Crippen LogP contribution in [-0.4, -0.2) is 33.4 Å². The Morgan fingerprint density at radius 1 is 1.08 bits per heavy atom. The van der Waals surface area contributed by atoms with Crippen molar-refractivity contribution in [2.45, 2.75) is 46.6 Å². The largest absolute Gasteiger partial charge is 0.353 e. The van der Waals surface area contributed by atoms with E-state index in [0.29, 0.717) is 5.92 Å². The maximum absolute atomic E-state index is 5.09. The predicted molar refractivity (Wildman–Crippen MR) is 103 cm³/mol. The summed E-state index contributed by atoms with van der Waals surface area (Å²) in [7, 11) is 2.17. The van der Waals surface area contributed by atoms with Crippen molar-refractivity contribution in [3.05, 3.63) is 46.4 Å². The van der Waals surface area contributed by atoms with Crippen LogP contribution in [-0.2, 0) is 13.0 Å². The summed E-state index contributed by atoms with van der Waals surface area (Å²) in [6, 6.07) is 6.65. The minimum absolute atomic E-state index is 0.407. The zero-order valence-electron chi connectivity index (χ0n) is 15.8. The summed E-state index contributed by atoms with van der Waals surface area (Å²) in [5.74, 6) is 0.407. The Kier molecular flexibility index (Phi) is 3.88. The van der Waals surface area contributed by atoms with Crippen molar-refractivity contribution in [2.75, 3.05) is 13.6 Å². The highest BCUT2D eigenvalue weighted by molar-refractivity contribution is 5.89. The van der Waals surface area contributed by atoms with Crippen LogP contribution >= 0.6 is 0 Å². The maximum Gasteiger partial charge on any atom is 0.0924 e. The number of hydrogen-bond donors (Lipinski definition) is 1. The van der Waals surface area contributed by atoms with Gasteiger partial charge < -0.3 is 9.88 Å². The molecule has 4 nitrogen and oxygen atoms in total. The average molecular weight is 334 g/mol. The molecule has 1 N–H and O–H groups in total. The van der Waals surface area contributed by atoms with Gasteiger partial charge in [0.1, 0.15) is 0 Å². The number of aromatic amines is 1. The third-order valence-corrected chi connectivity index (χ3v) is 5.11. The lowest BCUT2D eigenvalue weighted by molar-refractivity contribution is 0.308. The molecule has 0 radical (unpaired) electrons. The highest BCUT2D eigenvalue weighted by atomic mass is 15.1. The van der Waals surface area contributed by atoms with E-state index in [1.807, 2.05) is 0 Å². The van der Waals surface area contributed by atoms with Gasteiger partial charge in [-0.1, -0.05) is 13.8 Å². The highest BCUT2D eigenvalue weighted by Crippen LogP contribution is 2.36. The summed E-state index contributed by atoms with van der Waals surface area (Å²) in [6.07, 6.45) is 1.08. The van der Waals surface area contributed by atoms with Crippen LogP contribution in [0.1, 0.15) is 48.0 Å². The van der Waals surface area contributed by atoms with Gasteiger partial charge in [-0.15, -0.1) is 0 Å². The molecule has 3 aromatic rings. The first-order valence-electron chi connectivity index (χ1n) is 9.11. The smallest absolute Gasteiger partial charge is 0.0924 e. The molecule has 0 fully saturated rings. The number of fused-ring (bicyclic) bond motifs is 2. The van der Waals surface area contributed by atoms with Crippen LogP contribution in [0.4, 0.5) is 0 Å². The second kappa shape index (κ2) is 5.95. The summed E-state index contributed by atoms with van der Waals surface area (Å²) < 4.78 is 0. The van der Waals surface area contributed by atoms with E-state index in [1.54, 1.807) is 0 Å². The fourth-order valence-electron chi connectivity index (χ4n) is 3.98. The minimum Gasteiger partial charge on any atom is -0.353 e. The van der Waals surface area contributed by atoms with Gasteiger partial charge in [0.2, 0.25) is 0 Å². The molecule has 4 rings (SSSR count). The van der Waals surface area contributed by atoms with Crippen molar-refractivity contribution in [1.29, 1.82) is 0 Å². The van der Waals surface area contributed by atoms with Gasteiger partial charge in [-0.05, 0) is 57.0 Å². The lowest BCUT2D eigenvalue weighted by atomic mass is 9.97. The second-order valence-corrected chi connectivity index (χ2v) is 7.69. The van der Waals surface area contributed by atoms with E-state index in [2.05, 4.69) is 67.8 Å². The van der Waals surface area contributed by atoms with Crippen molar-refractivity contribution in [2.24, 2.45) is 0 Å². The van der Waals surface area contributed by atoms with Crippen molar-refractivity contribution in [1.82, 2.24) is 19.9 Å². The second-order valence-electron chi connectivity index (χ2n) is 7.69. The standard InChI is InChI=1S/C21H26N4/c1-12(2)19-20(16-8-13(3)22-14(4)9-16)23-17-10-15-6-7-25(5)11-18(15)24-21(17)19/h8-10,12,23H,6-7,11H2,1-5H3. The van der Waals surface area contributed by atoms with E-state index in [0.717, 1.165) is 41.9 Å². The lowest BCUT2D eigenvalue weighted by Gasteiger charge is -2.24. The number of likely N-dealkylation sites (N-methyl/N-ethyl adjacent to an activating group) is 1. The van der Waals surface area contributed by atoms with E-state index in [4.69, 9.17) is 4.98 Å². The number of nitrogens with zero attached hydrogens (tertiary/aromatic N) is 3. The first-order valence-corrected chi connectivity index (χ1v) is 9.11. The van der Waals surface area contributed by atoms with E-state index in [-0.39, 0.29) is 0 Å². The van der Waals surface area contributed by atoms with Crippen LogP contribution in [0.25, 0.3) is 22.3 Å². The molecule has 0 saturated carbocycles. The minimum atomic E-state index is 0.407. The number of H-pyrrole nitrogens is 1. The summed E-state index contributed by atoms with van der Waals surface area (Å²) >= 11 is 0. The normalized spacial score (nSPS) is 15.1. The molecule has 3 aromatic heterocycles. The molecule has 4 heteroatoms. The Morgan fingerprint density at radius 2 is 1.80 bits per heavy atom. The molecule has 0 atom stereocenters. The van der Waals surface area contributed by atoms with Crippen molar-refractivity contribution in [3.63, 3.8) is 0 Å². The van der Waals surface area contributed by atoms with Crippen LogP contribution in [0.5, 0.6) is 0 Å². The Bertz CT molecular complexity index is 932. The Balaban J connectivity index is 1.97. The topological polar surface area (TPSA) is 44.8 Å². The van der Waals surface area contributed by atoms with E-state index in [1.165, 1.54) is 28.1 Å². The number of aryl methyl sites for hydroxylation is 2. The van der Waals surface area contributed by atoms with Gasteiger partial charge in [0.25, 0.3) is 0 Å². The molecule has 0 saturated heterocycles. The Hall–Kier alpha value is -2.20. The molecule has 0 bridgehead atoms. The first kappa shape index (κ1) is 16.3. The lowest BCUT2D eigenvalue weighted by Crippen LogP contribution is -2.27. The summed E-state index contributed by atoms with van der Waals surface area (Å²) in [5.41, 5.74) is 10.7. The van der Waals surface area contributed by atoms with Gasteiger partial charge in [0.05, 0.1) is 22.4 Å². The van der Waals surface area contributed by atoms with Crippen molar-refractivity contribution in [3.8, 4) is 11.3 Å². The first-order chi connectivity index (χ1) is 11.9. The van der Waals surface area contributed by atoms with Crippen molar-refractivity contribution < 1.29 is 0 Å². The molecule has 0 aliphatic carbocycles. The van der Waals surface area contributed by atoms with E-state index in [9.17, 15) is 0 Å². The number of hydrogen-bond acceptors (Lipinski definition) is 3. The predicted octanol–water partition coefficient (Wildman–Crippen LogP) is 4.35. The molecule has 0 amide bonds. The molecule has 0 unspecified atom stereocenters. The fraction of sp³-hybridized carbons (Fsp3) is 0.429. The summed E-state index contributed by atoms with van der Waals surface area (Å²) in [5, 5.41) is 0. The third-order valence-electron chi connectivity index (χ3n) is 5.11. The van der Waals surface area contributed by atoms with Crippen LogP contribution < -0.4 is 0 Å². The number of aromatic nitrogens is 3. The van der Waals surface area contributed by atoms with Crippen LogP contribution in [0.3, 0.4) is 0 Å². The quantitative estimate of drug-likeness (QED) is 0.757. The number of pyridine rings is 2. The Morgan fingerprint density at radius 3 is 2.48 bits per heavy atom. The van der Waals surface area contributed by atoms with Gasteiger partial charge in [0.15, 0.2) is 0 Å². The molecule has 0 spiro atoms. The third kappa shape index (κ3) is 2.85. The van der Waals surface area contributed by atoms with E-state index < -0.39 is 0 Å². The average Bonchev–Trinajstić information content (AvgIpc) is 2.90. The monoisotopic (exact) mass is 334 g/mol. The maximum atomic E-state index is 5.09.